The molecule has 2 heterocycles. The number of rotatable bonds is 8. The Morgan fingerprint density at radius 1 is 1.17 bits per heavy atom. The third-order valence-electron chi connectivity index (χ3n) is 4.88. The highest BCUT2D eigenvalue weighted by atomic mass is 32.2. The lowest BCUT2D eigenvalue weighted by molar-refractivity contribution is -0.115. The van der Waals surface area contributed by atoms with Crippen molar-refractivity contribution in [3.8, 4) is 11.3 Å². The Bertz CT molecular complexity index is 1580. The van der Waals surface area contributed by atoms with Crippen molar-refractivity contribution in [2.45, 2.75) is 13.5 Å². The van der Waals surface area contributed by atoms with Gasteiger partial charge >= 0.3 is 0 Å². The minimum atomic E-state index is -4.03. The molecule has 8 nitrogen and oxygen atoms in total. The van der Waals surface area contributed by atoms with Crippen LogP contribution in [-0.4, -0.2) is 41.3 Å². The molecule has 2 amide bonds. The average Bonchev–Trinajstić information content (AvgIpc) is 3.38. The predicted octanol–water partition coefficient (Wildman–Crippen LogP) is 3.80. The topological polar surface area (TPSA) is 110 Å². The van der Waals surface area contributed by atoms with Gasteiger partial charge in [-0.3, -0.25) is 9.59 Å². The molecule has 2 aromatic heterocycles. The first-order chi connectivity index (χ1) is 16.7. The highest BCUT2D eigenvalue weighted by Gasteiger charge is 2.22. The number of fused-ring (bicyclic) bond motifs is 1. The molecule has 0 atom stereocenters. The molecular weight excluding hydrogens is 504 g/mol. The molecule has 0 fully saturated rings. The van der Waals surface area contributed by atoms with Gasteiger partial charge in [-0.25, -0.2) is 13.4 Å². The fraction of sp³-hybridized carbons (Fsp3) is 0.167. The van der Waals surface area contributed by atoms with Gasteiger partial charge in [-0.05, 0) is 24.6 Å². The number of anilines is 1. The van der Waals surface area contributed by atoms with Crippen LogP contribution in [0.1, 0.15) is 5.56 Å². The number of hydrogen-bond acceptors (Lipinski definition) is 7. The van der Waals surface area contributed by atoms with E-state index in [1.165, 1.54) is 22.7 Å². The van der Waals surface area contributed by atoms with E-state index < -0.39 is 33.2 Å². The van der Waals surface area contributed by atoms with Crippen molar-refractivity contribution in [1.29, 1.82) is 0 Å². The van der Waals surface area contributed by atoms with Crippen LogP contribution in [0.3, 0.4) is 0 Å². The van der Waals surface area contributed by atoms with Crippen LogP contribution >= 0.6 is 22.7 Å². The van der Waals surface area contributed by atoms with E-state index >= 15 is 0 Å². The second kappa shape index (κ2) is 10.5. The predicted molar refractivity (Wildman–Crippen MR) is 140 cm³/mol. The van der Waals surface area contributed by atoms with Gasteiger partial charge in [0.2, 0.25) is 5.91 Å². The lowest BCUT2D eigenvalue weighted by atomic mass is 10.2. The van der Waals surface area contributed by atoms with Gasteiger partial charge in [0, 0.05) is 17.5 Å². The van der Waals surface area contributed by atoms with Gasteiger partial charge in [0.1, 0.15) is 11.5 Å². The van der Waals surface area contributed by atoms with E-state index in [2.05, 4.69) is 21.9 Å². The number of carbonyl (C=O) groups is 2. The minimum Gasteiger partial charge on any atom is -0.313 e. The minimum absolute atomic E-state index is 0.283. The zero-order valence-electron chi connectivity index (χ0n) is 18.8. The normalized spacial score (nSPS) is 12.1. The van der Waals surface area contributed by atoms with E-state index in [-0.39, 0.29) is 5.13 Å². The molecule has 1 N–H and O–H groups in total. The number of thiazole rings is 2. The van der Waals surface area contributed by atoms with Crippen molar-refractivity contribution in [2.75, 3.05) is 16.8 Å². The Morgan fingerprint density at radius 3 is 2.69 bits per heavy atom. The maximum atomic E-state index is 12.5. The number of allylic oxidation sites excluding steroid dienone is 1. The van der Waals surface area contributed by atoms with Crippen LogP contribution in [0.2, 0.25) is 0 Å². The lowest BCUT2D eigenvalue weighted by Crippen LogP contribution is -2.28. The molecule has 4 aromatic rings. The summed E-state index contributed by atoms with van der Waals surface area (Å²) in [5.74, 6) is -3.30. The number of aryl methyl sites for hydroxylation is 1. The molecule has 4 rings (SSSR count). The van der Waals surface area contributed by atoms with Crippen molar-refractivity contribution in [3.63, 3.8) is 0 Å². The number of hydrogen-bond donors (Lipinski definition) is 1. The highest BCUT2D eigenvalue weighted by Crippen LogP contribution is 2.24. The number of benzene rings is 2. The molecule has 0 radical (unpaired) electrons. The first kappa shape index (κ1) is 24.7. The molecular formula is C24H22N4O4S3. The number of nitrogens with zero attached hydrogens (tertiary/aromatic N) is 3. The second-order valence-corrected chi connectivity index (χ2v) is 11.7. The van der Waals surface area contributed by atoms with Crippen molar-refractivity contribution < 1.29 is 18.0 Å². The maximum Gasteiger partial charge on any atom is 0.263 e. The van der Waals surface area contributed by atoms with Crippen LogP contribution in [0.25, 0.3) is 21.5 Å². The monoisotopic (exact) mass is 526 g/mol. The van der Waals surface area contributed by atoms with E-state index in [0.29, 0.717) is 17.0 Å². The molecule has 0 bridgehead atoms. The fourth-order valence-electron chi connectivity index (χ4n) is 3.38. The second-order valence-electron chi connectivity index (χ2n) is 7.74. The molecule has 11 heteroatoms. The van der Waals surface area contributed by atoms with Crippen LogP contribution in [0.5, 0.6) is 0 Å². The molecule has 180 valence electrons. The molecule has 0 saturated carbocycles. The van der Waals surface area contributed by atoms with E-state index in [1.807, 2.05) is 55.5 Å². The van der Waals surface area contributed by atoms with Crippen LogP contribution in [0.4, 0.5) is 5.13 Å². The van der Waals surface area contributed by atoms with Crippen LogP contribution in [0.15, 0.2) is 71.6 Å². The Kier molecular flexibility index (Phi) is 7.39. The van der Waals surface area contributed by atoms with Gasteiger partial charge in [-0.1, -0.05) is 53.8 Å². The lowest BCUT2D eigenvalue weighted by Gasteiger charge is -2.03. The fourth-order valence-corrected chi connectivity index (χ4v) is 6.28. The average molecular weight is 527 g/mol. The van der Waals surface area contributed by atoms with Crippen LogP contribution in [-0.2, 0) is 26.0 Å². The van der Waals surface area contributed by atoms with Gasteiger partial charge < -0.3 is 9.88 Å². The Hall–Kier alpha value is -3.41. The van der Waals surface area contributed by atoms with Crippen molar-refractivity contribution in [1.82, 2.24) is 9.55 Å². The van der Waals surface area contributed by atoms with E-state index in [4.69, 9.17) is 0 Å². The molecule has 0 spiro atoms. The van der Waals surface area contributed by atoms with E-state index in [0.717, 1.165) is 21.3 Å². The zero-order chi connectivity index (χ0) is 25.0. The summed E-state index contributed by atoms with van der Waals surface area (Å²) in [5.41, 5.74) is 3.50. The molecule has 0 aliphatic heterocycles. The summed E-state index contributed by atoms with van der Waals surface area (Å²) >= 11 is 2.49. The summed E-state index contributed by atoms with van der Waals surface area (Å²) in [6.07, 6.45) is 1.68. The third-order valence-corrected chi connectivity index (χ3v) is 8.07. The number of sulfone groups is 1. The largest absolute Gasteiger partial charge is 0.313 e. The van der Waals surface area contributed by atoms with Gasteiger partial charge in [0.25, 0.3) is 5.91 Å². The molecule has 0 unspecified atom stereocenters. The summed E-state index contributed by atoms with van der Waals surface area (Å²) in [6, 6.07) is 15.3. The first-order valence-electron chi connectivity index (χ1n) is 10.5. The quantitative estimate of drug-likeness (QED) is 0.351. The molecule has 35 heavy (non-hydrogen) atoms. The van der Waals surface area contributed by atoms with Crippen molar-refractivity contribution in [2.24, 2.45) is 4.99 Å². The summed E-state index contributed by atoms with van der Waals surface area (Å²) in [4.78, 5) is 33.6. The van der Waals surface area contributed by atoms with Gasteiger partial charge in [0.05, 0.1) is 15.9 Å². The summed E-state index contributed by atoms with van der Waals surface area (Å²) in [7, 11) is -4.03. The van der Waals surface area contributed by atoms with E-state index in [1.54, 1.807) is 16.0 Å². The standard InChI is InChI=1S/C24H22N4O4S3/c1-3-11-28-19-10-9-16(2)12-20(19)34-24(28)27-22(30)15-35(31,32)14-21(29)26-23-25-18(13-33-23)17-7-5-4-6-8-17/h3-10,12-13H,1,11,14-15H2,2H3,(H,25,26,29). The molecule has 0 saturated heterocycles. The van der Waals surface area contributed by atoms with Crippen LogP contribution in [0, 0.1) is 6.92 Å². The molecule has 2 aromatic carbocycles. The van der Waals surface area contributed by atoms with Gasteiger partial charge in [0.15, 0.2) is 19.8 Å². The summed E-state index contributed by atoms with van der Waals surface area (Å²) in [5, 5.41) is 4.55. The number of nitrogens with one attached hydrogen (secondary N) is 1. The van der Waals surface area contributed by atoms with E-state index in [9.17, 15) is 18.0 Å². The number of carbonyl (C=O) groups excluding carboxylic acids is 2. The Balaban J connectivity index is 1.45. The van der Waals surface area contributed by atoms with Gasteiger partial charge in [-0.2, -0.15) is 4.99 Å². The van der Waals surface area contributed by atoms with Crippen molar-refractivity contribution >= 4 is 59.7 Å². The zero-order valence-corrected chi connectivity index (χ0v) is 21.3. The first-order valence-corrected chi connectivity index (χ1v) is 14.1. The van der Waals surface area contributed by atoms with Crippen LogP contribution < -0.4 is 10.1 Å². The Labute approximate surface area is 210 Å². The molecule has 0 aliphatic carbocycles. The molecule has 0 aliphatic rings. The smallest absolute Gasteiger partial charge is 0.263 e. The third kappa shape index (κ3) is 6.18. The SMILES string of the molecule is C=CCn1c(=NC(=O)CS(=O)(=O)CC(=O)Nc2nc(-c3ccccc3)cs2)sc2cc(C)ccc21. The highest BCUT2D eigenvalue weighted by molar-refractivity contribution is 7.92. The maximum absolute atomic E-state index is 12.5. The Morgan fingerprint density at radius 2 is 1.94 bits per heavy atom. The number of aromatic nitrogens is 2. The number of amides is 2. The summed E-state index contributed by atoms with van der Waals surface area (Å²) in [6.45, 7) is 6.12. The van der Waals surface area contributed by atoms with Crippen molar-refractivity contribution in [3.05, 3.63) is 76.9 Å². The summed E-state index contributed by atoms with van der Waals surface area (Å²) < 4.78 is 27.7. The van der Waals surface area contributed by atoms with Gasteiger partial charge in [-0.15, -0.1) is 17.9 Å².